The van der Waals surface area contributed by atoms with Crippen molar-refractivity contribution in [3.8, 4) is 11.1 Å². The lowest BCUT2D eigenvalue weighted by Gasteiger charge is -2.27. The molecule has 55 heavy (non-hydrogen) atoms. The third kappa shape index (κ3) is 5.32. The zero-order valence-corrected chi connectivity index (χ0v) is 30.4. The van der Waals surface area contributed by atoms with Gasteiger partial charge in [-0.1, -0.05) is 165 Å². The van der Waals surface area contributed by atoms with Gasteiger partial charge >= 0.3 is 0 Å². The largest absolute Gasteiger partial charge is 0.310 e. The topological polar surface area (TPSA) is 3.24 Å². The molecule has 258 valence electrons. The number of hydrogen-bond acceptors (Lipinski definition) is 1. The fraction of sp³-hybridized carbons (Fsp3) is 0. The van der Waals surface area contributed by atoms with Crippen LogP contribution in [0.3, 0.4) is 0 Å². The Morgan fingerprint density at radius 1 is 0.436 bits per heavy atom. The maximum atomic E-state index is 4.72. The van der Waals surface area contributed by atoms with Crippen LogP contribution in [0.2, 0.25) is 0 Å². The van der Waals surface area contributed by atoms with Gasteiger partial charge in [0, 0.05) is 16.8 Å². The van der Waals surface area contributed by atoms with E-state index < -0.39 is 0 Å². The third-order valence-electron chi connectivity index (χ3n) is 11.0. The van der Waals surface area contributed by atoms with Crippen LogP contribution in [0.25, 0.3) is 81.3 Å². The van der Waals surface area contributed by atoms with Crippen molar-refractivity contribution in [3.63, 3.8) is 0 Å². The van der Waals surface area contributed by atoms with E-state index in [0.717, 1.165) is 44.4 Å². The second kappa shape index (κ2) is 13.3. The minimum Gasteiger partial charge on any atom is -0.310 e. The first-order chi connectivity index (χ1) is 27.2. The maximum absolute atomic E-state index is 4.72. The molecule has 10 aromatic carbocycles. The first kappa shape index (κ1) is 32.4. The SMILES string of the molecule is C=C/C=C\C(=C)c1cc2cccc3c(N(c4ccccc4)c4ccccc4)ccc(cc(-c4ccccc4)c4c1cc1c5ccccc5c5cccc4c51)c23. The van der Waals surface area contributed by atoms with Crippen LogP contribution in [-0.2, 0) is 0 Å². The highest BCUT2D eigenvalue weighted by molar-refractivity contribution is 6.36. The van der Waals surface area contributed by atoms with Gasteiger partial charge in [-0.3, -0.25) is 0 Å². The van der Waals surface area contributed by atoms with Gasteiger partial charge in [-0.05, 0) is 130 Å². The van der Waals surface area contributed by atoms with E-state index in [-0.39, 0.29) is 0 Å². The summed E-state index contributed by atoms with van der Waals surface area (Å²) in [6, 6.07) is 66.3. The summed E-state index contributed by atoms with van der Waals surface area (Å²) in [5.74, 6) is 0. The van der Waals surface area contributed by atoms with Gasteiger partial charge < -0.3 is 4.90 Å². The van der Waals surface area contributed by atoms with Crippen molar-refractivity contribution < 1.29 is 0 Å². The Morgan fingerprint density at radius 3 is 1.73 bits per heavy atom. The van der Waals surface area contributed by atoms with Crippen molar-refractivity contribution in [2.45, 2.75) is 0 Å². The predicted molar refractivity (Wildman–Crippen MR) is 240 cm³/mol. The summed E-state index contributed by atoms with van der Waals surface area (Å²) in [7, 11) is 0. The Hall–Kier alpha value is -7.22. The van der Waals surface area contributed by atoms with E-state index >= 15 is 0 Å². The molecule has 0 spiro atoms. The van der Waals surface area contributed by atoms with E-state index in [1.54, 1.807) is 0 Å². The molecule has 0 unspecified atom stereocenters. The van der Waals surface area contributed by atoms with Crippen molar-refractivity contribution in [2.24, 2.45) is 0 Å². The van der Waals surface area contributed by atoms with Crippen LogP contribution < -0.4 is 4.90 Å². The molecule has 0 saturated heterocycles. The zero-order chi connectivity index (χ0) is 36.9. The van der Waals surface area contributed by atoms with Crippen molar-refractivity contribution in [1.29, 1.82) is 0 Å². The van der Waals surface area contributed by atoms with Crippen LogP contribution in [0.15, 0.2) is 213 Å². The molecule has 0 aliphatic heterocycles. The Kier molecular flexibility index (Phi) is 7.86. The van der Waals surface area contributed by atoms with Crippen LogP contribution in [-0.4, -0.2) is 0 Å². The van der Waals surface area contributed by atoms with Crippen molar-refractivity contribution in [2.75, 3.05) is 4.90 Å². The van der Waals surface area contributed by atoms with Gasteiger partial charge in [-0.2, -0.15) is 0 Å². The second-order valence-corrected chi connectivity index (χ2v) is 14.2. The van der Waals surface area contributed by atoms with Crippen LogP contribution >= 0.6 is 0 Å². The lowest BCUT2D eigenvalue weighted by Crippen LogP contribution is -2.10. The molecule has 1 nitrogen and oxygen atoms in total. The van der Waals surface area contributed by atoms with Crippen LogP contribution in [0.1, 0.15) is 5.56 Å². The first-order valence-corrected chi connectivity index (χ1v) is 18.8. The standard InChI is InChI=1S/C54H37N/c1-3-4-18-36(2)47-33-38-21-16-29-45-51(55(40-22-10-6-11-23-40)41-24-12-7-13-25-41)32-31-39(52(38)45)34-48(37-19-8-5-9-20-37)54-46-30-17-28-44-42-26-14-15-27-43(42)49(53(44)46)35-50(47)54/h3-35H,1-2H2/b18-4-,47-33?,48-34?. The minimum atomic E-state index is 0.925. The van der Waals surface area contributed by atoms with Gasteiger partial charge in [0.25, 0.3) is 0 Å². The van der Waals surface area contributed by atoms with Crippen molar-refractivity contribution in [1.82, 2.24) is 0 Å². The Bertz CT molecular complexity index is 3120. The molecule has 10 aromatic rings. The molecule has 0 radical (unpaired) electrons. The van der Waals surface area contributed by atoms with E-state index in [0.29, 0.717) is 0 Å². The van der Waals surface area contributed by atoms with E-state index in [4.69, 9.17) is 6.58 Å². The van der Waals surface area contributed by atoms with E-state index in [1.807, 2.05) is 12.2 Å². The molecule has 0 N–H and O–H groups in total. The monoisotopic (exact) mass is 699 g/mol. The number of benzene rings is 8. The second-order valence-electron chi connectivity index (χ2n) is 14.2. The summed E-state index contributed by atoms with van der Waals surface area (Å²) in [5, 5.41) is 14.7. The smallest absolute Gasteiger partial charge is 0.0540 e. The Balaban J connectivity index is 1.44. The first-order valence-electron chi connectivity index (χ1n) is 18.8. The summed E-state index contributed by atoms with van der Waals surface area (Å²) < 4.78 is 0. The molecule has 0 saturated carbocycles. The average Bonchev–Trinajstić information content (AvgIpc) is 3.59. The van der Waals surface area contributed by atoms with Gasteiger partial charge in [0.2, 0.25) is 0 Å². The molecular formula is C54H37N. The predicted octanol–water partition coefficient (Wildman–Crippen LogP) is 15.5. The average molecular weight is 700 g/mol. The molecule has 0 aliphatic rings. The van der Waals surface area contributed by atoms with Gasteiger partial charge in [0.05, 0.1) is 5.69 Å². The highest BCUT2D eigenvalue weighted by Gasteiger charge is 2.20. The Labute approximate surface area is 321 Å². The van der Waals surface area contributed by atoms with Crippen LogP contribution in [0.5, 0.6) is 0 Å². The van der Waals surface area contributed by atoms with Gasteiger partial charge in [-0.25, -0.2) is 0 Å². The summed E-state index contributed by atoms with van der Waals surface area (Å²) in [6.45, 7) is 8.72. The number of allylic oxidation sites excluding steroid dienone is 4. The quantitative estimate of drug-likeness (QED) is 0.150. The fourth-order valence-electron chi connectivity index (χ4n) is 8.69. The molecule has 0 fully saturated rings. The van der Waals surface area contributed by atoms with E-state index in [1.165, 1.54) is 59.6 Å². The number of anilines is 3. The zero-order valence-electron chi connectivity index (χ0n) is 30.4. The van der Waals surface area contributed by atoms with Gasteiger partial charge in [-0.15, -0.1) is 0 Å². The normalized spacial score (nSPS) is 11.7. The molecule has 0 aliphatic carbocycles. The number of hydrogen-bond donors (Lipinski definition) is 0. The number of rotatable bonds is 7. The molecule has 10 rings (SSSR count). The molecule has 0 aromatic heterocycles. The van der Waals surface area contributed by atoms with Crippen molar-refractivity contribution >= 4 is 87.3 Å². The minimum absolute atomic E-state index is 0.925. The van der Waals surface area contributed by atoms with E-state index in [9.17, 15) is 0 Å². The lowest BCUT2D eigenvalue weighted by atomic mass is 9.90. The molecular weight excluding hydrogens is 663 g/mol. The molecule has 1 heteroatoms. The fourth-order valence-corrected chi connectivity index (χ4v) is 8.69. The number of nitrogens with zero attached hydrogens (tertiary/aromatic N) is 1. The highest BCUT2D eigenvalue weighted by atomic mass is 15.1. The third-order valence-corrected chi connectivity index (χ3v) is 11.0. The summed E-state index contributed by atoms with van der Waals surface area (Å²) in [5.41, 5.74) is 7.68. The summed E-state index contributed by atoms with van der Waals surface area (Å²) in [6.07, 6.45) is 5.90. The Morgan fingerprint density at radius 2 is 1.02 bits per heavy atom. The maximum Gasteiger partial charge on any atom is 0.0540 e. The van der Waals surface area contributed by atoms with Crippen LogP contribution in [0, 0.1) is 0 Å². The summed E-state index contributed by atoms with van der Waals surface area (Å²) in [4.78, 5) is 2.37. The van der Waals surface area contributed by atoms with Gasteiger partial charge in [0.1, 0.15) is 0 Å². The highest BCUT2D eigenvalue weighted by Crippen LogP contribution is 2.47. The van der Waals surface area contributed by atoms with Crippen molar-refractivity contribution in [3.05, 3.63) is 219 Å². The summed E-state index contributed by atoms with van der Waals surface area (Å²) >= 11 is 0. The molecule has 0 bridgehead atoms. The lowest BCUT2D eigenvalue weighted by molar-refractivity contribution is 1.30. The molecule has 0 heterocycles. The molecule has 0 amide bonds. The number of fused-ring (bicyclic) bond motifs is 5. The van der Waals surface area contributed by atoms with E-state index in [2.05, 4.69) is 200 Å². The van der Waals surface area contributed by atoms with Gasteiger partial charge in [0.15, 0.2) is 0 Å². The molecule has 0 atom stereocenters. The number of para-hydroxylation sites is 2. The van der Waals surface area contributed by atoms with Crippen LogP contribution in [0.4, 0.5) is 17.1 Å².